The highest BCUT2D eigenvalue weighted by Crippen LogP contribution is 2.09. The maximum absolute atomic E-state index is 12.2. The Kier molecular flexibility index (Phi) is 5.57. The van der Waals surface area contributed by atoms with Crippen LogP contribution in [0.2, 0.25) is 0 Å². The van der Waals surface area contributed by atoms with Crippen molar-refractivity contribution >= 4 is 6.03 Å². The molecule has 0 aliphatic carbocycles. The van der Waals surface area contributed by atoms with Gasteiger partial charge in [-0.05, 0) is 38.3 Å². The van der Waals surface area contributed by atoms with E-state index in [-0.39, 0.29) is 17.8 Å². The Morgan fingerprint density at radius 1 is 1.44 bits per heavy atom. The standard InChI is InChI=1S/C17H25N5O3/c1-13(12-14-6-4-11-25-14)19-16(23)18-8-5-10-22-17(24)21-9-3-2-7-15(21)20-22/h4,6,11,13H,2-3,5,7-10,12H2,1H3,(H2,18,19,23)/t13-/m0/s1. The van der Waals surface area contributed by atoms with Gasteiger partial charge in [-0.25, -0.2) is 14.3 Å². The fourth-order valence-corrected chi connectivity index (χ4v) is 3.08. The lowest BCUT2D eigenvalue weighted by molar-refractivity contribution is 0.237. The molecule has 8 heteroatoms. The second-order valence-electron chi connectivity index (χ2n) is 6.47. The average Bonchev–Trinajstić information content (AvgIpc) is 3.20. The number of hydrogen-bond donors (Lipinski definition) is 2. The zero-order valence-corrected chi connectivity index (χ0v) is 14.5. The Labute approximate surface area is 146 Å². The number of aromatic nitrogens is 3. The van der Waals surface area contributed by atoms with Crippen LogP contribution in [0.25, 0.3) is 0 Å². The van der Waals surface area contributed by atoms with Crippen molar-refractivity contribution in [3.8, 4) is 0 Å². The van der Waals surface area contributed by atoms with Crippen LogP contribution in [-0.4, -0.2) is 33.0 Å². The van der Waals surface area contributed by atoms with Gasteiger partial charge in [0.2, 0.25) is 0 Å². The monoisotopic (exact) mass is 347 g/mol. The summed E-state index contributed by atoms with van der Waals surface area (Å²) in [5.41, 5.74) is -0.0359. The molecule has 0 saturated heterocycles. The second-order valence-corrected chi connectivity index (χ2v) is 6.47. The van der Waals surface area contributed by atoms with E-state index in [1.807, 2.05) is 19.1 Å². The van der Waals surface area contributed by atoms with Crippen LogP contribution in [0.15, 0.2) is 27.6 Å². The Hall–Kier alpha value is -2.51. The summed E-state index contributed by atoms with van der Waals surface area (Å²) >= 11 is 0. The van der Waals surface area contributed by atoms with Crippen molar-refractivity contribution in [3.05, 3.63) is 40.5 Å². The molecule has 0 unspecified atom stereocenters. The van der Waals surface area contributed by atoms with Crippen molar-refractivity contribution in [1.82, 2.24) is 25.0 Å². The number of amides is 2. The molecule has 1 atom stereocenters. The van der Waals surface area contributed by atoms with Crippen LogP contribution in [0.1, 0.15) is 37.8 Å². The Bertz CT molecular complexity index is 747. The average molecular weight is 347 g/mol. The van der Waals surface area contributed by atoms with E-state index >= 15 is 0 Å². The van der Waals surface area contributed by atoms with Crippen LogP contribution in [0.4, 0.5) is 4.79 Å². The van der Waals surface area contributed by atoms with E-state index in [1.165, 1.54) is 4.68 Å². The molecule has 25 heavy (non-hydrogen) atoms. The quantitative estimate of drug-likeness (QED) is 0.738. The summed E-state index contributed by atoms with van der Waals surface area (Å²) in [6.07, 6.45) is 5.94. The summed E-state index contributed by atoms with van der Waals surface area (Å²) in [5, 5.41) is 10.1. The number of carbonyl (C=O) groups excluding carboxylic acids is 1. The molecule has 2 amide bonds. The van der Waals surface area contributed by atoms with Crippen LogP contribution in [-0.2, 0) is 25.9 Å². The van der Waals surface area contributed by atoms with Crippen LogP contribution in [0.5, 0.6) is 0 Å². The normalized spacial score (nSPS) is 14.8. The molecule has 0 spiro atoms. The van der Waals surface area contributed by atoms with Crippen LogP contribution < -0.4 is 16.3 Å². The summed E-state index contributed by atoms with van der Waals surface area (Å²) in [5.74, 6) is 1.73. The fourth-order valence-electron chi connectivity index (χ4n) is 3.08. The molecule has 0 fully saturated rings. The van der Waals surface area contributed by atoms with Crippen molar-refractivity contribution in [1.29, 1.82) is 0 Å². The van der Waals surface area contributed by atoms with Crippen LogP contribution in [0, 0.1) is 0 Å². The largest absolute Gasteiger partial charge is 0.469 e. The lowest BCUT2D eigenvalue weighted by Crippen LogP contribution is -2.42. The molecule has 0 radical (unpaired) electrons. The fraction of sp³-hybridized carbons (Fsp3) is 0.588. The van der Waals surface area contributed by atoms with E-state index in [1.54, 1.807) is 10.8 Å². The van der Waals surface area contributed by atoms with Gasteiger partial charge in [0, 0.05) is 38.5 Å². The van der Waals surface area contributed by atoms with E-state index in [0.29, 0.717) is 25.9 Å². The maximum Gasteiger partial charge on any atom is 0.345 e. The first-order chi connectivity index (χ1) is 12.1. The molecular weight excluding hydrogens is 322 g/mol. The van der Waals surface area contributed by atoms with Gasteiger partial charge < -0.3 is 15.1 Å². The number of rotatable bonds is 7. The van der Waals surface area contributed by atoms with Crippen LogP contribution >= 0.6 is 0 Å². The highest BCUT2D eigenvalue weighted by Gasteiger charge is 2.16. The van der Waals surface area contributed by atoms with Gasteiger partial charge >= 0.3 is 11.7 Å². The third-order valence-electron chi connectivity index (χ3n) is 4.33. The molecule has 2 N–H and O–H groups in total. The summed E-state index contributed by atoms with van der Waals surface area (Å²) in [6, 6.07) is 3.49. The van der Waals surface area contributed by atoms with Gasteiger partial charge in [-0.15, -0.1) is 0 Å². The first-order valence-corrected chi connectivity index (χ1v) is 8.87. The molecule has 1 aliphatic rings. The third kappa shape index (κ3) is 4.52. The summed E-state index contributed by atoms with van der Waals surface area (Å²) in [4.78, 5) is 24.1. The van der Waals surface area contributed by atoms with Crippen molar-refractivity contribution in [2.24, 2.45) is 0 Å². The number of furan rings is 1. The first-order valence-electron chi connectivity index (χ1n) is 8.87. The first kappa shape index (κ1) is 17.3. The summed E-state index contributed by atoms with van der Waals surface area (Å²) in [7, 11) is 0. The molecule has 1 aliphatic heterocycles. The Morgan fingerprint density at radius 3 is 3.08 bits per heavy atom. The van der Waals surface area contributed by atoms with Crippen molar-refractivity contribution in [2.75, 3.05) is 6.54 Å². The maximum atomic E-state index is 12.2. The van der Waals surface area contributed by atoms with E-state index in [4.69, 9.17) is 4.42 Å². The molecule has 136 valence electrons. The lowest BCUT2D eigenvalue weighted by atomic mass is 10.2. The van der Waals surface area contributed by atoms with Gasteiger partial charge in [-0.3, -0.25) is 4.57 Å². The SMILES string of the molecule is C[C@@H](Cc1ccco1)NC(=O)NCCCn1nc2n(c1=O)CCCC2. The predicted molar refractivity (Wildman–Crippen MR) is 92.5 cm³/mol. The minimum absolute atomic E-state index is 0.0198. The molecule has 2 aromatic rings. The molecule has 0 saturated carbocycles. The highest BCUT2D eigenvalue weighted by molar-refractivity contribution is 5.74. The zero-order valence-electron chi connectivity index (χ0n) is 14.5. The second kappa shape index (κ2) is 8.04. The topological polar surface area (TPSA) is 94.1 Å². The smallest absolute Gasteiger partial charge is 0.345 e. The number of nitrogens with one attached hydrogen (secondary N) is 2. The number of urea groups is 1. The van der Waals surface area contributed by atoms with Crippen LogP contribution in [0.3, 0.4) is 0 Å². The van der Waals surface area contributed by atoms with Crippen molar-refractivity contribution < 1.29 is 9.21 Å². The lowest BCUT2D eigenvalue weighted by Gasteiger charge is -2.13. The Morgan fingerprint density at radius 2 is 2.32 bits per heavy atom. The minimum Gasteiger partial charge on any atom is -0.469 e. The molecule has 3 heterocycles. The molecular formula is C17H25N5O3. The van der Waals surface area contributed by atoms with Gasteiger partial charge in [-0.1, -0.05) is 0 Å². The number of carbonyl (C=O) groups is 1. The zero-order chi connectivity index (χ0) is 17.6. The molecule has 0 bridgehead atoms. The third-order valence-corrected chi connectivity index (χ3v) is 4.33. The van der Waals surface area contributed by atoms with E-state index in [0.717, 1.165) is 37.4 Å². The van der Waals surface area contributed by atoms with Gasteiger partial charge in [0.05, 0.1) is 6.26 Å². The predicted octanol–water partition coefficient (Wildman–Crippen LogP) is 1.29. The van der Waals surface area contributed by atoms with Gasteiger partial charge in [0.15, 0.2) is 0 Å². The number of hydrogen-bond acceptors (Lipinski definition) is 4. The van der Waals surface area contributed by atoms with Gasteiger partial charge in [0.1, 0.15) is 11.6 Å². The molecule has 2 aromatic heterocycles. The van der Waals surface area contributed by atoms with E-state index in [9.17, 15) is 9.59 Å². The van der Waals surface area contributed by atoms with E-state index in [2.05, 4.69) is 15.7 Å². The molecule has 3 rings (SSSR count). The van der Waals surface area contributed by atoms with E-state index < -0.39 is 0 Å². The number of aryl methyl sites for hydroxylation is 2. The number of fused-ring (bicyclic) bond motifs is 1. The van der Waals surface area contributed by atoms with Crippen molar-refractivity contribution in [2.45, 2.75) is 58.2 Å². The Balaban J connectivity index is 1.37. The number of nitrogens with zero attached hydrogens (tertiary/aromatic N) is 3. The summed E-state index contributed by atoms with van der Waals surface area (Å²) in [6.45, 7) is 3.70. The molecule has 8 nitrogen and oxygen atoms in total. The highest BCUT2D eigenvalue weighted by atomic mass is 16.3. The van der Waals surface area contributed by atoms with Crippen molar-refractivity contribution in [3.63, 3.8) is 0 Å². The summed E-state index contributed by atoms with van der Waals surface area (Å²) < 4.78 is 8.54. The van der Waals surface area contributed by atoms with Gasteiger partial charge in [0.25, 0.3) is 0 Å². The molecule has 0 aromatic carbocycles. The minimum atomic E-state index is -0.212. The van der Waals surface area contributed by atoms with Gasteiger partial charge in [-0.2, -0.15) is 5.10 Å².